The molecular formula is C13H18N2O2S. The van der Waals surface area contributed by atoms with E-state index in [1.807, 2.05) is 0 Å². The first-order valence-corrected chi connectivity index (χ1v) is 7.42. The first-order chi connectivity index (χ1) is 8.65. The van der Waals surface area contributed by atoms with Gasteiger partial charge >= 0.3 is 0 Å². The van der Waals surface area contributed by atoms with Gasteiger partial charge < -0.3 is 10.2 Å². The van der Waals surface area contributed by atoms with E-state index >= 15 is 0 Å². The Balaban J connectivity index is 1.94. The number of carbonyl (C=O) groups excluding carboxylic acids is 2. The largest absolute Gasteiger partial charge is 0.342 e. The Morgan fingerprint density at radius 1 is 1.50 bits per heavy atom. The monoisotopic (exact) mass is 266 g/mol. The Kier molecular flexibility index (Phi) is 4.18. The summed E-state index contributed by atoms with van der Waals surface area (Å²) in [5, 5.41) is 2.84. The topological polar surface area (TPSA) is 49.4 Å². The number of rotatable bonds is 5. The molecule has 0 bridgehead atoms. The summed E-state index contributed by atoms with van der Waals surface area (Å²) in [6.45, 7) is 2.38. The summed E-state index contributed by atoms with van der Waals surface area (Å²) in [7, 11) is 0. The quantitative estimate of drug-likeness (QED) is 0.581. The predicted molar refractivity (Wildman–Crippen MR) is 72.0 cm³/mol. The second kappa shape index (κ2) is 5.66. The van der Waals surface area contributed by atoms with E-state index in [4.69, 9.17) is 6.42 Å². The van der Waals surface area contributed by atoms with Crippen molar-refractivity contribution in [1.29, 1.82) is 0 Å². The highest BCUT2D eigenvalue weighted by Gasteiger charge is 2.45. The van der Waals surface area contributed by atoms with E-state index in [-0.39, 0.29) is 23.9 Å². The van der Waals surface area contributed by atoms with Gasteiger partial charge in [0.05, 0.1) is 5.75 Å². The molecule has 0 spiro atoms. The van der Waals surface area contributed by atoms with Crippen molar-refractivity contribution >= 4 is 23.6 Å². The van der Waals surface area contributed by atoms with Crippen molar-refractivity contribution in [2.75, 3.05) is 18.1 Å². The zero-order valence-electron chi connectivity index (χ0n) is 10.5. The van der Waals surface area contributed by atoms with Gasteiger partial charge in [-0.2, -0.15) is 0 Å². The van der Waals surface area contributed by atoms with Crippen LogP contribution in [0.25, 0.3) is 0 Å². The average molecular weight is 266 g/mol. The molecule has 1 N–H and O–H groups in total. The van der Waals surface area contributed by atoms with E-state index in [1.54, 1.807) is 23.6 Å². The van der Waals surface area contributed by atoms with Crippen LogP contribution in [0.5, 0.6) is 0 Å². The lowest BCUT2D eigenvalue weighted by molar-refractivity contribution is -0.148. The predicted octanol–water partition coefficient (Wildman–Crippen LogP) is 0.478. The van der Waals surface area contributed by atoms with Gasteiger partial charge in [0, 0.05) is 12.3 Å². The molecule has 2 aliphatic rings. The summed E-state index contributed by atoms with van der Waals surface area (Å²) in [6, 6.07) is -0.648. The molecule has 5 heteroatoms. The Labute approximate surface area is 112 Å². The third kappa shape index (κ3) is 2.81. The fourth-order valence-electron chi connectivity index (χ4n) is 2.19. The van der Waals surface area contributed by atoms with Crippen LogP contribution in [0.3, 0.4) is 0 Å². The van der Waals surface area contributed by atoms with Crippen LogP contribution in [0.1, 0.15) is 19.8 Å². The maximum atomic E-state index is 12.3. The van der Waals surface area contributed by atoms with Gasteiger partial charge in [0.1, 0.15) is 12.1 Å². The van der Waals surface area contributed by atoms with Crippen LogP contribution in [-0.2, 0) is 9.59 Å². The molecule has 2 unspecified atom stereocenters. The maximum absolute atomic E-state index is 12.3. The number of thioether (sulfide) groups is 1. The Hall–Kier alpha value is -1.15. The molecule has 1 aliphatic heterocycles. The van der Waals surface area contributed by atoms with E-state index in [9.17, 15) is 9.59 Å². The SMILES string of the molecule is C#CCSCCN1C(=O)C(C2CC2)NC(=O)C1C. The van der Waals surface area contributed by atoms with Crippen molar-refractivity contribution in [3.05, 3.63) is 0 Å². The van der Waals surface area contributed by atoms with Gasteiger partial charge in [0.2, 0.25) is 11.8 Å². The minimum atomic E-state index is -0.362. The van der Waals surface area contributed by atoms with Crippen LogP contribution in [-0.4, -0.2) is 46.8 Å². The Morgan fingerprint density at radius 3 is 2.83 bits per heavy atom. The number of amides is 2. The van der Waals surface area contributed by atoms with Gasteiger partial charge in [-0.1, -0.05) is 5.92 Å². The van der Waals surface area contributed by atoms with Crippen molar-refractivity contribution in [3.8, 4) is 12.3 Å². The van der Waals surface area contributed by atoms with Crippen LogP contribution in [0.2, 0.25) is 0 Å². The molecule has 1 aliphatic carbocycles. The van der Waals surface area contributed by atoms with Crippen molar-refractivity contribution < 1.29 is 9.59 Å². The number of hydrogen-bond acceptors (Lipinski definition) is 3. The molecule has 4 nitrogen and oxygen atoms in total. The van der Waals surface area contributed by atoms with Crippen molar-refractivity contribution in [3.63, 3.8) is 0 Å². The van der Waals surface area contributed by atoms with Crippen LogP contribution < -0.4 is 5.32 Å². The highest BCUT2D eigenvalue weighted by atomic mass is 32.2. The Bertz CT molecular complexity index is 387. The molecular weight excluding hydrogens is 248 g/mol. The molecule has 2 rings (SSSR count). The van der Waals surface area contributed by atoms with Crippen LogP contribution >= 0.6 is 11.8 Å². The molecule has 2 atom stereocenters. The normalized spacial score (nSPS) is 27.9. The molecule has 1 saturated heterocycles. The number of nitrogens with one attached hydrogen (secondary N) is 1. The number of nitrogens with zero attached hydrogens (tertiary/aromatic N) is 1. The summed E-state index contributed by atoms with van der Waals surface area (Å²) >= 11 is 1.62. The molecule has 1 heterocycles. The zero-order valence-corrected chi connectivity index (χ0v) is 11.3. The molecule has 2 fully saturated rings. The lowest BCUT2D eigenvalue weighted by Gasteiger charge is -2.37. The second-order valence-corrected chi connectivity index (χ2v) is 5.89. The van der Waals surface area contributed by atoms with E-state index in [2.05, 4.69) is 11.2 Å². The van der Waals surface area contributed by atoms with Gasteiger partial charge in [-0.15, -0.1) is 18.2 Å². The average Bonchev–Trinajstić information content (AvgIpc) is 3.17. The van der Waals surface area contributed by atoms with Crippen LogP contribution in [0, 0.1) is 18.3 Å². The Morgan fingerprint density at radius 2 is 2.22 bits per heavy atom. The zero-order chi connectivity index (χ0) is 13.1. The molecule has 98 valence electrons. The van der Waals surface area contributed by atoms with E-state index in [0.29, 0.717) is 18.2 Å². The second-order valence-electron chi connectivity index (χ2n) is 4.79. The van der Waals surface area contributed by atoms with Gasteiger partial charge in [0.15, 0.2) is 0 Å². The molecule has 0 radical (unpaired) electrons. The highest BCUT2D eigenvalue weighted by molar-refractivity contribution is 7.99. The molecule has 0 aromatic rings. The summed E-state index contributed by atoms with van der Waals surface area (Å²) in [4.78, 5) is 25.8. The number of terminal acetylenes is 1. The first-order valence-electron chi connectivity index (χ1n) is 6.27. The fourth-order valence-corrected chi connectivity index (χ4v) is 2.78. The van der Waals surface area contributed by atoms with Gasteiger partial charge in [0.25, 0.3) is 0 Å². The van der Waals surface area contributed by atoms with E-state index in [0.717, 1.165) is 18.6 Å². The lowest BCUT2D eigenvalue weighted by atomic mass is 10.0. The van der Waals surface area contributed by atoms with Gasteiger partial charge in [-0.3, -0.25) is 9.59 Å². The highest BCUT2D eigenvalue weighted by Crippen LogP contribution is 2.35. The summed E-state index contributed by atoms with van der Waals surface area (Å²) in [6.07, 6.45) is 7.27. The molecule has 18 heavy (non-hydrogen) atoms. The van der Waals surface area contributed by atoms with Crippen molar-refractivity contribution in [1.82, 2.24) is 10.2 Å². The van der Waals surface area contributed by atoms with Crippen molar-refractivity contribution in [2.24, 2.45) is 5.92 Å². The fraction of sp³-hybridized carbons (Fsp3) is 0.692. The minimum absolute atomic E-state index is 0.0338. The number of hydrogen-bond donors (Lipinski definition) is 1. The van der Waals surface area contributed by atoms with Crippen molar-refractivity contribution in [2.45, 2.75) is 31.8 Å². The third-order valence-electron chi connectivity index (χ3n) is 3.45. The summed E-state index contributed by atoms with van der Waals surface area (Å²) in [5.74, 6) is 4.38. The van der Waals surface area contributed by atoms with Gasteiger partial charge in [-0.25, -0.2) is 0 Å². The van der Waals surface area contributed by atoms with Gasteiger partial charge in [-0.05, 0) is 25.7 Å². The summed E-state index contributed by atoms with van der Waals surface area (Å²) < 4.78 is 0. The smallest absolute Gasteiger partial charge is 0.246 e. The number of carbonyl (C=O) groups is 2. The van der Waals surface area contributed by atoms with E-state index in [1.165, 1.54) is 0 Å². The minimum Gasteiger partial charge on any atom is -0.342 e. The van der Waals surface area contributed by atoms with Crippen LogP contribution in [0.15, 0.2) is 0 Å². The molecule has 0 aromatic carbocycles. The maximum Gasteiger partial charge on any atom is 0.246 e. The molecule has 1 saturated carbocycles. The van der Waals surface area contributed by atoms with Crippen LogP contribution in [0.4, 0.5) is 0 Å². The first kappa shape index (κ1) is 13.3. The van der Waals surface area contributed by atoms with E-state index < -0.39 is 0 Å². The standard InChI is InChI=1S/C13H18N2O2S/c1-3-7-18-8-6-15-9(2)12(16)14-11(13(15)17)10-4-5-10/h1,9-11H,4-8H2,2H3,(H,14,16). The molecule has 2 amide bonds. The third-order valence-corrected chi connectivity index (χ3v) is 4.29. The molecule has 0 aromatic heterocycles. The lowest BCUT2D eigenvalue weighted by Crippen LogP contribution is -2.63. The number of piperazine rings is 1. The summed E-state index contributed by atoms with van der Waals surface area (Å²) in [5.41, 5.74) is 0.